The maximum absolute atomic E-state index is 12.1. The van der Waals surface area contributed by atoms with Crippen LogP contribution in [-0.2, 0) is 20.7 Å². The van der Waals surface area contributed by atoms with E-state index >= 15 is 0 Å². The number of methoxy groups -OCH3 is 1. The lowest BCUT2D eigenvalue weighted by atomic mass is 10.0. The van der Waals surface area contributed by atoms with Crippen LogP contribution in [0.4, 0.5) is 0 Å². The monoisotopic (exact) mass is 355 g/mol. The summed E-state index contributed by atoms with van der Waals surface area (Å²) in [6, 6.07) is 16.9. The molecule has 0 aliphatic heterocycles. The van der Waals surface area contributed by atoms with E-state index in [1.54, 1.807) is 31.4 Å². The van der Waals surface area contributed by atoms with Crippen LogP contribution in [0.2, 0.25) is 0 Å². The number of amides is 1. The first-order valence-electron chi connectivity index (χ1n) is 8.75. The summed E-state index contributed by atoms with van der Waals surface area (Å²) < 4.78 is 10.2. The van der Waals surface area contributed by atoms with Gasteiger partial charge in [0.2, 0.25) is 0 Å². The van der Waals surface area contributed by atoms with E-state index in [0.29, 0.717) is 0 Å². The Kier molecular flexibility index (Phi) is 7.68. The highest BCUT2D eigenvalue weighted by atomic mass is 16.5. The number of ether oxygens (including phenoxy) is 2. The summed E-state index contributed by atoms with van der Waals surface area (Å²) in [5, 5.41) is 2.94. The first-order chi connectivity index (χ1) is 12.6. The molecule has 2 rings (SSSR count). The smallest absolute Gasteiger partial charge is 0.310 e. The summed E-state index contributed by atoms with van der Waals surface area (Å²) in [7, 11) is 1.59. The van der Waals surface area contributed by atoms with Crippen LogP contribution in [0.3, 0.4) is 0 Å². The number of carbonyl (C=O) groups excluding carboxylic acids is 2. The second-order valence-corrected chi connectivity index (χ2v) is 6.00. The van der Waals surface area contributed by atoms with Crippen molar-refractivity contribution < 1.29 is 19.1 Å². The zero-order valence-corrected chi connectivity index (χ0v) is 15.2. The van der Waals surface area contributed by atoms with Gasteiger partial charge >= 0.3 is 5.97 Å². The second kappa shape index (κ2) is 10.2. The van der Waals surface area contributed by atoms with Gasteiger partial charge in [0, 0.05) is 0 Å². The average molecular weight is 355 g/mol. The van der Waals surface area contributed by atoms with Gasteiger partial charge < -0.3 is 14.8 Å². The van der Waals surface area contributed by atoms with Crippen molar-refractivity contribution in [2.45, 2.75) is 32.2 Å². The number of nitrogens with one attached hydrogen (secondary N) is 1. The molecule has 5 heteroatoms. The predicted molar refractivity (Wildman–Crippen MR) is 99.9 cm³/mol. The summed E-state index contributed by atoms with van der Waals surface area (Å²) in [6.07, 6.45) is 1.89. The minimum atomic E-state index is -0.433. The average Bonchev–Trinajstić information content (AvgIpc) is 2.67. The zero-order valence-electron chi connectivity index (χ0n) is 15.2. The molecular weight excluding hydrogens is 330 g/mol. The van der Waals surface area contributed by atoms with Gasteiger partial charge in [0.1, 0.15) is 5.75 Å². The van der Waals surface area contributed by atoms with E-state index in [1.165, 1.54) is 0 Å². The van der Waals surface area contributed by atoms with E-state index in [4.69, 9.17) is 9.47 Å². The maximum Gasteiger partial charge on any atom is 0.310 e. The van der Waals surface area contributed by atoms with E-state index in [0.717, 1.165) is 29.7 Å². The maximum atomic E-state index is 12.1. The Morgan fingerprint density at radius 2 is 1.73 bits per heavy atom. The molecule has 0 aliphatic rings. The molecule has 0 bridgehead atoms. The predicted octanol–water partition coefficient (Wildman–Crippen LogP) is 3.44. The van der Waals surface area contributed by atoms with Crippen LogP contribution in [0, 0.1) is 0 Å². The summed E-state index contributed by atoms with van der Waals surface area (Å²) in [5.41, 5.74) is 1.86. The molecule has 138 valence electrons. The first kappa shape index (κ1) is 19.5. The minimum Gasteiger partial charge on any atom is -0.497 e. The van der Waals surface area contributed by atoms with E-state index in [9.17, 15) is 9.59 Å². The fourth-order valence-corrected chi connectivity index (χ4v) is 2.64. The first-order valence-corrected chi connectivity index (χ1v) is 8.75. The quantitative estimate of drug-likeness (QED) is 0.700. The van der Waals surface area contributed by atoms with E-state index < -0.39 is 5.97 Å². The molecular formula is C21H25NO4. The van der Waals surface area contributed by atoms with Crippen molar-refractivity contribution in [3.63, 3.8) is 0 Å². The minimum absolute atomic E-state index is 0.0750. The molecule has 1 atom stereocenters. The highest BCUT2D eigenvalue weighted by Crippen LogP contribution is 2.18. The van der Waals surface area contributed by atoms with Gasteiger partial charge in [0.05, 0.1) is 19.6 Å². The molecule has 0 saturated heterocycles. The Hall–Kier alpha value is -2.82. The third-order valence-electron chi connectivity index (χ3n) is 3.99. The van der Waals surface area contributed by atoms with Gasteiger partial charge in [-0.1, -0.05) is 55.8 Å². The summed E-state index contributed by atoms with van der Waals surface area (Å²) >= 11 is 0. The Morgan fingerprint density at radius 1 is 1.04 bits per heavy atom. The fraction of sp³-hybridized carbons (Fsp3) is 0.333. The van der Waals surface area contributed by atoms with E-state index in [-0.39, 0.29) is 25.0 Å². The Labute approximate surface area is 154 Å². The van der Waals surface area contributed by atoms with Crippen LogP contribution in [0.5, 0.6) is 5.75 Å². The van der Waals surface area contributed by atoms with Crippen molar-refractivity contribution >= 4 is 11.9 Å². The summed E-state index contributed by atoms with van der Waals surface area (Å²) in [6.45, 7) is 1.79. The molecule has 1 N–H and O–H groups in total. The number of rotatable bonds is 9. The van der Waals surface area contributed by atoms with Gasteiger partial charge in [-0.3, -0.25) is 9.59 Å². The van der Waals surface area contributed by atoms with Gasteiger partial charge in [-0.05, 0) is 29.7 Å². The van der Waals surface area contributed by atoms with Gasteiger partial charge in [-0.15, -0.1) is 0 Å². The van der Waals surface area contributed by atoms with Crippen LogP contribution < -0.4 is 10.1 Å². The molecule has 2 aromatic carbocycles. The number of esters is 1. The zero-order chi connectivity index (χ0) is 18.8. The summed E-state index contributed by atoms with van der Waals surface area (Å²) in [5.74, 6) is -0.00294. The lowest BCUT2D eigenvalue weighted by Gasteiger charge is -2.18. The fourth-order valence-electron chi connectivity index (χ4n) is 2.64. The standard InChI is InChI=1S/C21H25NO4/c1-3-7-19(17-8-5-4-6-9-17)22-20(23)15-26-21(24)14-16-10-12-18(25-2)13-11-16/h4-6,8-13,19H,3,7,14-15H2,1-2H3,(H,22,23)/t19-/m1/s1. The Morgan fingerprint density at radius 3 is 2.35 bits per heavy atom. The SMILES string of the molecule is CCC[C@@H](NC(=O)COC(=O)Cc1ccc(OC)cc1)c1ccccc1. The second-order valence-electron chi connectivity index (χ2n) is 6.00. The molecule has 0 heterocycles. The summed E-state index contributed by atoms with van der Waals surface area (Å²) in [4.78, 5) is 24.1. The number of hydrogen-bond acceptors (Lipinski definition) is 4. The van der Waals surface area contributed by atoms with Crippen molar-refractivity contribution in [2.75, 3.05) is 13.7 Å². The molecule has 0 radical (unpaired) electrons. The molecule has 5 nitrogen and oxygen atoms in total. The molecule has 0 saturated carbocycles. The number of hydrogen-bond donors (Lipinski definition) is 1. The highest BCUT2D eigenvalue weighted by Gasteiger charge is 2.15. The number of carbonyl (C=O) groups is 2. The molecule has 0 fully saturated rings. The molecule has 0 aromatic heterocycles. The third kappa shape index (κ3) is 6.24. The largest absolute Gasteiger partial charge is 0.497 e. The van der Waals surface area contributed by atoms with Gasteiger partial charge in [-0.25, -0.2) is 0 Å². The normalized spacial score (nSPS) is 11.5. The molecule has 0 unspecified atom stereocenters. The molecule has 2 aromatic rings. The molecule has 1 amide bonds. The Bertz CT molecular complexity index is 698. The van der Waals surface area contributed by atoms with E-state index in [1.807, 2.05) is 30.3 Å². The molecule has 0 spiro atoms. The van der Waals surface area contributed by atoms with E-state index in [2.05, 4.69) is 12.2 Å². The van der Waals surface area contributed by atoms with Crippen LogP contribution >= 0.6 is 0 Å². The lowest BCUT2D eigenvalue weighted by molar-refractivity contribution is -0.148. The van der Waals surface area contributed by atoms with Crippen LogP contribution in [-0.4, -0.2) is 25.6 Å². The van der Waals surface area contributed by atoms with Crippen molar-refractivity contribution in [2.24, 2.45) is 0 Å². The van der Waals surface area contributed by atoms with Crippen molar-refractivity contribution in [3.8, 4) is 5.75 Å². The number of benzene rings is 2. The third-order valence-corrected chi connectivity index (χ3v) is 3.99. The van der Waals surface area contributed by atoms with Crippen LogP contribution in [0.25, 0.3) is 0 Å². The van der Waals surface area contributed by atoms with Crippen molar-refractivity contribution in [1.29, 1.82) is 0 Å². The van der Waals surface area contributed by atoms with Crippen LogP contribution in [0.15, 0.2) is 54.6 Å². The van der Waals surface area contributed by atoms with Gasteiger partial charge in [-0.2, -0.15) is 0 Å². The Balaban J connectivity index is 1.81. The lowest BCUT2D eigenvalue weighted by Crippen LogP contribution is -2.32. The van der Waals surface area contributed by atoms with Crippen molar-refractivity contribution in [1.82, 2.24) is 5.32 Å². The van der Waals surface area contributed by atoms with Crippen molar-refractivity contribution in [3.05, 3.63) is 65.7 Å². The molecule has 26 heavy (non-hydrogen) atoms. The van der Waals surface area contributed by atoms with Crippen LogP contribution in [0.1, 0.15) is 36.9 Å². The topological polar surface area (TPSA) is 64.6 Å². The van der Waals surface area contributed by atoms with Gasteiger partial charge in [0.25, 0.3) is 5.91 Å². The highest BCUT2D eigenvalue weighted by molar-refractivity contribution is 5.81. The van der Waals surface area contributed by atoms with Gasteiger partial charge in [0.15, 0.2) is 6.61 Å². The molecule has 0 aliphatic carbocycles.